The zero-order chi connectivity index (χ0) is 19.4. The summed E-state index contributed by atoms with van der Waals surface area (Å²) in [5, 5.41) is 7.88. The summed E-state index contributed by atoms with van der Waals surface area (Å²) in [5.74, 6) is -1.04. The smallest absolute Gasteiger partial charge is 0.251 e. The summed E-state index contributed by atoms with van der Waals surface area (Å²) in [5.41, 5.74) is 10.7. The molecule has 4 aromatic rings. The van der Waals surface area contributed by atoms with Gasteiger partial charge in [-0.2, -0.15) is 5.10 Å². The van der Waals surface area contributed by atoms with Crippen LogP contribution in [-0.2, 0) is 0 Å². The number of nitrogens with zero attached hydrogens (tertiary/aromatic N) is 2. The Morgan fingerprint density at radius 3 is 2.82 bits per heavy atom. The second-order valence-electron chi connectivity index (χ2n) is 6.66. The number of primary amides is 1. The van der Waals surface area contributed by atoms with Gasteiger partial charge in [0.2, 0.25) is 0 Å². The van der Waals surface area contributed by atoms with Crippen molar-refractivity contribution >= 4 is 28.7 Å². The zero-order valence-electron chi connectivity index (χ0n) is 14.5. The molecular formula is C21H14ClFN4O. The first-order valence-corrected chi connectivity index (χ1v) is 9.03. The van der Waals surface area contributed by atoms with E-state index in [1.165, 1.54) is 18.3 Å². The molecule has 0 aliphatic carbocycles. The fraction of sp³-hybridized carbons (Fsp3) is 0.0476. The van der Waals surface area contributed by atoms with Crippen LogP contribution in [0.1, 0.15) is 27.5 Å². The molecule has 0 saturated heterocycles. The van der Waals surface area contributed by atoms with E-state index in [4.69, 9.17) is 17.3 Å². The van der Waals surface area contributed by atoms with Gasteiger partial charge in [-0.05, 0) is 29.8 Å². The normalized spacial score (nSPS) is 15.0. The second kappa shape index (κ2) is 6.07. The predicted octanol–water partition coefficient (Wildman–Crippen LogP) is 4.41. The van der Waals surface area contributed by atoms with E-state index >= 15 is 0 Å². The number of anilines is 1. The number of fused-ring (bicyclic) bond motifs is 2. The number of halogens is 2. The van der Waals surface area contributed by atoms with Gasteiger partial charge in [-0.15, -0.1) is 0 Å². The van der Waals surface area contributed by atoms with E-state index in [1.807, 2.05) is 36.5 Å². The van der Waals surface area contributed by atoms with Crippen molar-refractivity contribution in [2.45, 2.75) is 6.04 Å². The summed E-state index contributed by atoms with van der Waals surface area (Å²) in [7, 11) is 0. The minimum absolute atomic E-state index is 0.0675. The Bertz CT molecular complexity index is 1270. The number of nitrogens with one attached hydrogen (secondary N) is 1. The molecule has 138 valence electrons. The molecule has 2 aromatic carbocycles. The van der Waals surface area contributed by atoms with Crippen LogP contribution >= 0.6 is 11.6 Å². The third kappa shape index (κ3) is 2.38. The third-order valence-electron chi connectivity index (χ3n) is 5.06. The van der Waals surface area contributed by atoms with Crippen molar-refractivity contribution in [3.63, 3.8) is 0 Å². The first-order valence-electron chi connectivity index (χ1n) is 8.65. The highest BCUT2D eigenvalue weighted by molar-refractivity contribution is 6.30. The van der Waals surface area contributed by atoms with E-state index in [2.05, 4.69) is 10.4 Å². The van der Waals surface area contributed by atoms with Gasteiger partial charge < -0.3 is 11.1 Å². The Kier molecular flexibility index (Phi) is 3.64. The van der Waals surface area contributed by atoms with Gasteiger partial charge in [0.1, 0.15) is 5.82 Å². The molecular weight excluding hydrogens is 379 g/mol. The lowest BCUT2D eigenvalue weighted by molar-refractivity contribution is 0.100. The maximum absolute atomic E-state index is 14.2. The number of aromatic nitrogens is 2. The van der Waals surface area contributed by atoms with Crippen molar-refractivity contribution in [3.05, 3.63) is 88.5 Å². The molecule has 0 radical (unpaired) electrons. The number of rotatable bonds is 2. The van der Waals surface area contributed by atoms with E-state index in [0.717, 1.165) is 22.3 Å². The molecule has 5 rings (SSSR count). The molecule has 1 aliphatic heterocycles. The Balaban J connectivity index is 1.88. The van der Waals surface area contributed by atoms with E-state index in [9.17, 15) is 9.18 Å². The summed E-state index contributed by atoms with van der Waals surface area (Å²) in [6.45, 7) is 0. The number of nitrogens with two attached hydrogens (primary N) is 1. The SMILES string of the molecule is NC(=O)c1cnn2ccc3c2c1-c1ccccc1NC3c1ccc(Cl)c(F)c1. The van der Waals surface area contributed by atoms with Crippen molar-refractivity contribution < 1.29 is 9.18 Å². The monoisotopic (exact) mass is 392 g/mol. The van der Waals surface area contributed by atoms with E-state index in [1.54, 1.807) is 10.6 Å². The van der Waals surface area contributed by atoms with E-state index in [0.29, 0.717) is 16.7 Å². The van der Waals surface area contributed by atoms with E-state index in [-0.39, 0.29) is 11.1 Å². The molecule has 1 aliphatic rings. The number of hydrogen-bond acceptors (Lipinski definition) is 3. The van der Waals surface area contributed by atoms with Crippen molar-refractivity contribution in [2.75, 3.05) is 5.32 Å². The van der Waals surface area contributed by atoms with Crippen LogP contribution in [0, 0.1) is 5.82 Å². The Hall–Kier alpha value is -3.38. The van der Waals surface area contributed by atoms with Gasteiger partial charge in [0.05, 0.1) is 28.3 Å². The van der Waals surface area contributed by atoms with Crippen LogP contribution in [0.3, 0.4) is 0 Å². The zero-order valence-corrected chi connectivity index (χ0v) is 15.2. The number of benzene rings is 2. The van der Waals surface area contributed by atoms with Crippen LogP contribution in [0.2, 0.25) is 5.02 Å². The van der Waals surface area contributed by atoms with Gasteiger partial charge in [0, 0.05) is 28.6 Å². The van der Waals surface area contributed by atoms with Crippen LogP contribution in [0.25, 0.3) is 16.6 Å². The van der Waals surface area contributed by atoms with Crippen LogP contribution in [-0.4, -0.2) is 15.5 Å². The third-order valence-corrected chi connectivity index (χ3v) is 5.37. The lowest BCUT2D eigenvalue weighted by Crippen LogP contribution is -2.14. The van der Waals surface area contributed by atoms with Crippen LogP contribution in [0.4, 0.5) is 10.1 Å². The highest BCUT2D eigenvalue weighted by Gasteiger charge is 2.29. The average Bonchev–Trinajstić information content (AvgIpc) is 3.05. The van der Waals surface area contributed by atoms with Gasteiger partial charge in [-0.1, -0.05) is 35.9 Å². The minimum atomic E-state index is -0.553. The topological polar surface area (TPSA) is 72.4 Å². The van der Waals surface area contributed by atoms with Gasteiger partial charge in [0.25, 0.3) is 5.91 Å². The number of hydrogen-bond donors (Lipinski definition) is 2. The molecule has 1 atom stereocenters. The highest BCUT2D eigenvalue weighted by Crippen LogP contribution is 2.43. The Labute approximate surface area is 164 Å². The number of para-hydroxylation sites is 1. The first kappa shape index (κ1) is 16.8. The van der Waals surface area contributed by atoms with Gasteiger partial charge in [0.15, 0.2) is 0 Å². The average molecular weight is 393 g/mol. The number of carbonyl (C=O) groups excluding carboxylic acids is 1. The molecule has 0 bridgehead atoms. The van der Waals surface area contributed by atoms with Crippen molar-refractivity contribution in [2.24, 2.45) is 5.73 Å². The number of amides is 1. The lowest BCUT2D eigenvalue weighted by Gasteiger charge is -2.19. The van der Waals surface area contributed by atoms with Crippen molar-refractivity contribution in [1.82, 2.24) is 9.61 Å². The van der Waals surface area contributed by atoms with Crippen molar-refractivity contribution in [3.8, 4) is 11.1 Å². The Morgan fingerprint density at radius 1 is 1.21 bits per heavy atom. The molecule has 3 heterocycles. The van der Waals surface area contributed by atoms with Crippen LogP contribution in [0.15, 0.2) is 60.9 Å². The maximum Gasteiger partial charge on any atom is 0.251 e. The summed E-state index contributed by atoms with van der Waals surface area (Å²) < 4.78 is 15.9. The summed E-state index contributed by atoms with van der Waals surface area (Å²) in [4.78, 5) is 12.1. The molecule has 1 unspecified atom stereocenters. The van der Waals surface area contributed by atoms with Crippen LogP contribution < -0.4 is 11.1 Å². The number of carbonyl (C=O) groups is 1. The molecule has 0 saturated carbocycles. The molecule has 0 fully saturated rings. The quantitative estimate of drug-likeness (QED) is 0.530. The molecule has 7 heteroatoms. The van der Waals surface area contributed by atoms with E-state index < -0.39 is 11.7 Å². The largest absolute Gasteiger partial charge is 0.374 e. The second-order valence-corrected chi connectivity index (χ2v) is 7.07. The lowest BCUT2D eigenvalue weighted by atomic mass is 9.96. The van der Waals surface area contributed by atoms with Gasteiger partial charge in [-0.3, -0.25) is 4.79 Å². The fourth-order valence-corrected chi connectivity index (χ4v) is 3.93. The Morgan fingerprint density at radius 2 is 2.04 bits per heavy atom. The maximum atomic E-state index is 14.2. The van der Waals surface area contributed by atoms with Crippen LogP contribution in [0.5, 0.6) is 0 Å². The highest BCUT2D eigenvalue weighted by atomic mass is 35.5. The molecule has 2 aromatic heterocycles. The molecule has 3 N–H and O–H groups in total. The fourth-order valence-electron chi connectivity index (χ4n) is 3.81. The summed E-state index contributed by atoms with van der Waals surface area (Å²) >= 11 is 5.87. The van der Waals surface area contributed by atoms with Crippen molar-refractivity contribution in [1.29, 1.82) is 0 Å². The van der Waals surface area contributed by atoms with Gasteiger partial charge in [-0.25, -0.2) is 8.91 Å². The summed E-state index contributed by atoms with van der Waals surface area (Å²) in [6.07, 6.45) is 3.29. The molecule has 1 amide bonds. The predicted molar refractivity (Wildman–Crippen MR) is 106 cm³/mol. The minimum Gasteiger partial charge on any atom is -0.374 e. The molecule has 0 spiro atoms. The molecule has 5 nitrogen and oxygen atoms in total. The molecule has 28 heavy (non-hydrogen) atoms. The van der Waals surface area contributed by atoms with Gasteiger partial charge >= 0.3 is 0 Å². The first-order chi connectivity index (χ1) is 13.5. The standard InChI is InChI=1S/C21H14ClFN4O/c22-15-6-5-11(9-16(15)23)19-13-7-8-27-20(13)18(14(10-25-27)21(24)28)12-3-1-2-4-17(12)26-19/h1-10,19,26H,(H2,24,28). The summed E-state index contributed by atoms with van der Waals surface area (Å²) in [6, 6.07) is 13.9.